The molecule has 0 aromatic heterocycles. The van der Waals surface area contributed by atoms with Crippen molar-refractivity contribution in [3.05, 3.63) is 52.5 Å². The highest BCUT2D eigenvalue weighted by Gasteiger charge is 2.08. The maximum Gasteiger partial charge on any atom is 0.103 e. The summed E-state index contributed by atoms with van der Waals surface area (Å²) in [5, 5.41) is 21.7. The fourth-order valence-corrected chi connectivity index (χ4v) is 2.56. The molecular weight excluding hydrogens is 290 g/mol. The van der Waals surface area contributed by atoms with Gasteiger partial charge in [0.15, 0.2) is 0 Å². The lowest BCUT2D eigenvalue weighted by atomic mass is 10.1. The van der Waals surface area contributed by atoms with Crippen LogP contribution in [0.5, 0.6) is 0 Å². The zero-order valence-corrected chi connectivity index (χ0v) is 12.2. The van der Waals surface area contributed by atoms with Crippen LogP contribution in [0.15, 0.2) is 41.3 Å². The van der Waals surface area contributed by atoms with Gasteiger partial charge in [0.2, 0.25) is 0 Å². The van der Waals surface area contributed by atoms with Gasteiger partial charge in [-0.3, -0.25) is 0 Å². The zero-order chi connectivity index (χ0) is 14.5. The molecule has 2 aromatic carbocycles. The van der Waals surface area contributed by atoms with Gasteiger partial charge in [-0.1, -0.05) is 17.7 Å². The molecule has 0 radical (unpaired) electrons. The minimum atomic E-state index is 0.386. The number of nitrogens with zero attached hydrogens (tertiary/aromatic N) is 2. The van der Waals surface area contributed by atoms with Gasteiger partial charge < -0.3 is 5.32 Å². The highest BCUT2D eigenvalue weighted by molar-refractivity contribution is 7.98. The van der Waals surface area contributed by atoms with Crippen LogP contribution in [0.2, 0.25) is 5.02 Å². The van der Waals surface area contributed by atoms with Gasteiger partial charge >= 0.3 is 0 Å². The lowest BCUT2D eigenvalue weighted by Gasteiger charge is -2.11. The molecule has 2 rings (SSSR count). The van der Waals surface area contributed by atoms with Crippen molar-refractivity contribution in [2.75, 3.05) is 11.6 Å². The Hall–Kier alpha value is -2.14. The van der Waals surface area contributed by atoms with Gasteiger partial charge in [0.05, 0.1) is 21.8 Å². The summed E-state index contributed by atoms with van der Waals surface area (Å²) in [5.41, 5.74) is 2.49. The van der Waals surface area contributed by atoms with Crippen molar-refractivity contribution in [3.63, 3.8) is 0 Å². The Balaban J connectivity index is 2.38. The van der Waals surface area contributed by atoms with Crippen LogP contribution in [0.3, 0.4) is 0 Å². The zero-order valence-electron chi connectivity index (χ0n) is 10.6. The van der Waals surface area contributed by atoms with Crippen molar-refractivity contribution in [2.24, 2.45) is 0 Å². The molecule has 0 saturated carbocycles. The van der Waals surface area contributed by atoms with Gasteiger partial charge in [-0.15, -0.1) is 11.8 Å². The summed E-state index contributed by atoms with van der Waals surface area (Å²) in [5.74, 6) is 0. The second-order valence-electron chi connectivity index (χ2n) is 3.93. The third-order valence-corrected chi connectivity index (χ3v) is 3.82. The van der Waals surface area contributed by atoms with Crippen LogP contribution in [-0.4, -0.2) is 6.26 Å². The normalized spacial score (nSPS) is 9.60. The third-order valence-electron chi connectivity index (χ3n) is 2.73. The molecule has 0 spiro atoms. The first kappa shape index (κ1) is 14.3. The summed E-state index contributed by atoms with van der Waals surface area (Å²) >= 11 is 7.52. The molecule has 1 N–H and O–H groups in total. The fourth-order valence-electron chi connectivity index (χ4n) is 1.76. The van der Waals surface area contributed by atoms with Gasteiger partial charge in [-0.2, -0.15) is 10.5 Å². The number of thioether (sulfide) groups is 1. The van der Waals surface area contributed by atoms with Crippen molar-refractivity contribution in [1.82, 2.24) is 0 Å². The van der Waals surface area contributed by atoms with Crippen molar-refractivity contribution >= 4 is 34.7 Å². The minimum absolute atomic E-state index is 0.386. The van der Waals surface area contributed by atoms with Crippen LogP contribution in [0.25, 0.3) is 0 Å². The molecule has 2 aromatic rings. The van der Waals surface area contributed by atoms with Gasteiger partial charge in [0, 0.05) is 10.6 Å². The Bertz CT molecular complexity index is 729. The quantitative estimate of drug-likeness (QED) is 0.845. The van der Waals surface area contributed by atoms with E-state index in [1.165, 1.54) is 11.8 Å². The highest BCUT2D eigenvalue weighted by atomic mass is 35.5. The lowest BCUT2D eigenvalue weighted by molar-refractivity contribution is 1.36. The topological polar surface area (TPSA) is 59.6 Å². The van der Waals surface area contributed by atoms with E-state index in [0.717, 1.165) is 16.3 Å². The van der Waals surface area contributed by atoms with Crippen LogP contribution in [0.4, 0.5) is 11.4 Å². The molecule has 5 heteroatoms. The first-order valence-electron chi connectivity index (χ1n) is 5.73. The second-order valence-corrected chi connectivity index (χ2v) is 5.18. The van der Waals surface area contributed by atoms with Crippen LogP contribution in [0.1, 0.15) is 11.1 Å². The number of hydrogen-bond donors (Lipinski definition) is 1. The van der Waals surface area contributed by atoms with Crippen LogP contribution in [0, 0.1) is 22.7 Å². The monoisotopic (exact) mass is 299 g/mol. The first-order valence-corrected chi connectivity index (χ1v) is 7.33. The van der Waals surface area contributed by atoms with Gasteiger partial charge in [-0.25, -0.2) is 0 Å². The van der Waals surface area contributed by atoms with E-state index in [9.17, 15) is 5.26 Å². The number of rotatable bonds is 3. The molecular formula is C15H10ClN3S. The Kier molecular flexibility index (Phi) is 4.53. The molecule has 0 fully saturated rings. The van der Waals surface area contributed by atoms with Crippen molar-refractivity contribution in [3.8, 4) is 12.1 Å². The van der Waals surface area contributed by atoms with E-state index in [-0.39, 0.29) is 0 Å². The second kappa shape index (κ2) is 6.34. The molecule has 20 heavy (non-hydrogen) atoms. The Morgan fingerprint density at radius 3 is 2.55 bits per heavy atom. The number of halogens is 1. The van der Waals surface area contributed by atoms with Crippen LogP contribution < -0.4 is 5.32 Å². The van der Waals surface area contributed by atoms with Crippen molar-refractivity contribution in [1.29, 1.82) is 10.5 Å². The first-order chi connectivity index (χ1) is 9.69. The van der Waals surface area contributed by atoms with Crippen molar-refractivity contribution in [2.45, 2.75) is 4.90 Å². The Labute approximate surface area is 126 Å². The largest absolute Gasteiger partial charge is 0.354 e. The average molecular weight is 300 g/mol. The molecule has 0 unspecified atom stereocenters. The van der Waals surface area contributed by atoms with E-state index in [1.807, 2.05) is 30.5 Å². The standard InChI is InChI=1S/C15H10ClN3S/c1-20-15-4-2-3-14(12(15)9-18)19-11-6-5-10(8-17)13(16)7-11/h2-7,19H,1H3. The predicted molar refractivity (Wildman–Crippen MR) is 82.4 cm³/mol. The number of hydrogen-bond acceptors (Lipinski definition) is 4. The van der Waals surface area contributed by atoms with E-state index in [1.54, 1.807) is 18.2 Å². The molecule has 0 aliphatic rings. The summed E-state index contributed by atoms with van der Waals surface area (Å²) < 4.78 is 0. The van der Waals surface area contributed by atoms with E-state index >= 15 is 0 Å². The SMILES string of the molecule is CSc1cccc(Nc2ccc(C#N)c(Cl)c2)c1C#N. The van der Waals surface area contributed by atoms with Gasteiger partial charge in [0.25, 0.3) is 0 Å². The molecule has 0 aliphatic carbocycles. The third kappa shape index (κ3) is 2.88. The molecule has 0 aliphatic heterocycles. The molecule has 0 atom stereocenters. The van der Waals surface area contributed by atoms with Crippen LogP contribution in [-0.2, 0) is 0 Å². The van der Waals surface area contributed by atoms with Crippen LogP contribution >= 0.6 is 23.4 Å². The summed E-state index contributed by atoms with van der Waals surface area (Å²) in [6.07, 6.45) is 1.93. The molecule has 0 amide bonds. The summed E-state index contributed by atoms with van der Waals surface area (Å²) in [7, 11) is 0. The smallest absolute Gasteiger partial charge is 0.103 e. The van der Waals surface area contributed by atoms with E-state index in [4.69, 9.17) is 16.9 Å². The molecule has 0 heterocycles. The maximum atomic E-state index is 9.27. The minimum Gasteiger partial charge on any atom is -0.354 e. The predicted octanol–water partition coefficient (Wildman–Crippen LogP) is 4.55. The fraction of sp³-hybridized carbons (Fsp3) is 0.0667. The number of nitrogens with one attached hydrogen (secondary N) is 1. The van der Waals surface area contributed by atoms with E-state index < -0.39 is 0 Å². The number of nitriles is 2. The van der Waals surface area contributed by atoms with Gasteiger partial charge in [-0.05, 0) is 36.6 Å². The summed E-state index contributed by atoms with van der Waals surface area (Å²) in [6.45, 7) is 0. The highest BCUT2D eigenvalue weighted by Crippen LogP contribution is 2.29. The molecule has 0 saturated heterocycles. The molecule has 98 valence electrons. The number of benzene rings is 2. The number of anilines is 2. The van der Waals surface area contributed by atoms with Gasteiger partial charge in [0.1, 0.15) is 12.1 Å². The maximum absolute atomic E-state index is 9.27. The summed E-state index contributed by atoms with van der Waals surface area (Å²) in [4.78, 5) is 0.914. The molecule has 0 bridgehead atoms. The average Bonchev–Trinajstić information content (AvgIpc) is 2.47. The molecule has 3 nitrogen and oxygen atoms in total. The van der Waals surface area contributed by atoms with E-state index in [2.05, 4.69) is 11.4 Å². The Morgan fingerprint density at radius 2 is 1.95 bits per heavy atom. The lowest BCUT2D eigenvalue weighted by Crippen LogP contribution is -1.95. The van der Waals surface area contributed by atoms with E-state index in [0.29, 0.717) is 16.1 Å². The summed E-state index contributed by atoms with van der Waals surface area (Å²) in [6, 6.07) is 14.9. The Morgan fingerprint density at radius 1 is 1.15 bits per heavy atom. The van der Waals surface area contributed by atoms with Crippen molar-refractivity contribution < 1.29 is 0 Å².